The van der Waals surface area contributed by atoms with Crippen molar-refractivity contribution in [2.75, 3.05) is 40.2 Å². The monoisotopic (exact) mass is 916 g/mol. The molecule has 328 valence electrons. The lowest BCUT2D eigenvalue weighted by molar-refractivity contribution is -0.154. The molecule has 2 aliphatic rings. The molecular weight excluding hydrogens is 875 g/mol. The van der Waals surface area contributed by atoms with Gasteiger partial charge in [-0.05, 0) is 70.3 Å². The molecule has 0 saturated carbocycles. The first-order valence-electron chi connectivity index (χ1n) is 19.5. The number of halogens is 3. The van der Waals surface area contributed by atoms with Crippen LogP contribution in [0.25, 0.3) is 21.8 Å². The molecule has 6 aromatic rings. The highest BCUT2D eigenvalue weighted by molar-refractivity contribution is 6.67. The van der Waals surface area contributed by atoms with Crippen molar-refractivity contribution in [1.82, 2.24) is 20.2 Å². The molecule has 4 atom stereocenters. The number of ether oxygens (including phenoxy) is 4. The van der Waals surface area contributed by atoms with Crippen LogP contribution in [-0.4, -0.2) is 102 Å². The molecule has 0 radical (unpaired) electrons. The first-order valence-corrected chi connectivity index (χ1v) is 20.9. The molecule has 2 unspecified atom stereocenters. The minimum absolute atomic E-state index is 0.0957. The largest absolute Gasteiger partial charge is 0.468 e. The number of hydrogen-bond acceptors (Lipinski definition) is 11. The summed E-state index contributed by atoms with van der Waals surface area (Å²) in [7, 11) is 5.37. The Hall–Kier alpha value is -6.19. The molecule has 1 amide bonds. The SMILES string of the molecule is COC(=O)c1ccc(C2N[C@H](C(=O)OC)Cc3c2[nH]c2ccccc32)cc1.COC(=O)c1ccc(C2c3[nH]c4ccccc4c3C[C@@H](C(=O)OC)N2C(=O)CCl)cc1.O=C(Cl)CCl. The second kappa shape index (κ2) is 20.8. The number of carbonyl (C=O) groups is 6. The van der Waals surface area contributed by atoms with Gasteiger partial charge in [0.2, 0.25) is 11.1 Å². The van der Waals surface area contributed by atoms with Crippen LogP contribution in [0.3, 0.4) is 0 Å². The van der Waals surface area contributed by atoms with Crippen molar-refractivity contribution >= 4 is 91.6 Å². The van der Waals surface area contributed by atoms with Crippen molar-refractivity contribution in [1.29, 1.82) is 0 Å². The van der Waals surface area contributed by atoms with Crippen LogP contribution in [0.15, 0.2) is 97.1 Å². The normalized spacial score (nSPS) is 17.4. The van der Waals surface area contributed by atoms with E-state index in [4.69, 9.17) is 53.8 Å². The van der Waals surface area contributed by atoms with E-state index in [1.807, 2.05) is 54.6 Å². The van der Waals surface area contributed by atoms with Gasteiger partial charge in [-0.25, -0.2) is 14.4 Å². The highest BCUT2D eigenvalue weighted by atomic mass is 35.5. The quantitative estimate of drug-likeness (QED) is 0.0622. The van der Waals surface area contributed by atoms with Crippen molar-refractivity contribution < 1.29 is 47.7 Å². The maximum Gasteiger partial charge on any atom is 0.337 e. The van der Waals surface area contributed by atoms with E-state index >= 15 is 0 Å². The summed E-state index contributed by atoms with van der Waals surface area (Å²) in [5.41, 5.74) is 8.40. The number of benzene rings is 4. The van der Waals surface area contributed by atoms with Crippen molar-refractivity contribution in [3.05, 3.63) is 142 Å². The number of hydrogen-bond donors (Lipinski definition) is 3. The Morgan fingerprint density at radius 2 is 1.08 bits per heavy atom. The molecule has 4 aromatic carbocycles. The zero-order valence-corrected chi connectivity index (χ0v) is 36.8. The number of H-pyrrole nitrogens is 2. The fraction of sp³-hybridized carbons (Fsp3) is 0.261. The van der Waals surface area contributed by atoms with Crippen LogP contribution >= 0.6 is 34.8 Å². The topological polar surface area (TPSA) is 186 Å². The number of aromatic nitrogens is 2. The fourth-order valence-electron chi connectivity index (χ4n) is 7.97. The van der Waals surface area contributed by atoms with Gasteiger partial charge >= 0.3 is 23.9 Å². The third-order valence-corrected chi connectivity index (χ3v) is 11.6. The van der Waals surface area contributed by atoms with E-state index < -0.39 is 35.3 Å². The second-order valence-electron chi connectivity index (χ2n) is 14.3. The van der Waals surface area contributed by atoms with E-state index in [0.29, 0.717) is 24.0 Å². The lowest BCUT2D eigenvalue weighted by Crippen LogP contribution is -2.52. The molecule has 14 nitrogen and oxygen atoms in total. The molecule has 63 heavy (non-hydrogen) atoms. The Morgan fingerprint density at radius 1 is 0.603 bits per heavy atom. The van der Waals surface area contributed by atoms with Crippen LogP contribution < -0.4 is 5.32 Å². The van der Waals surface area contributed by atoms with Crippen LogP contribution in [0.5, 0.6) is 0 Å². The maximum absolute atomic E-state index is 12.9. The predicted octanol–water partition coefficient (Wildman–Crippen LogP) is 6.93. The lowest BCUT2D eigenvalue weighted by atomic mass is 9.87. The van der Waals surface area contributed by atoms with Crippen molar-refractivity contribution in [3.8, 4) is 0 Å². The third kappa shape index (κ3) is 9.89. The number of nitrogens with zero attached hydrogens (tertiary/aromatic N) is 1. The number of rotatable bonds is 8. The molecule has 4 heterocycles. The number of alkyl halides is 2. The predicted molar refractivity (Wildman–Crippen MR) is 237 cm³/mol. The summed E-state index contributed by atoms with van der Waals surface area (Å²) in [5, 5.41) is 4.97. The average molecular weight is 918 g/mol. The minimum atomic E-state index is -0.826. The zero-order valence-electron chi connectivity index (χ0n) is 34.5. The summed E-state index contributed by atoms with van der Waals surface area (Å²) < 4.78 is 19.5. The zero-order chi connectivity index (χ0) is 45.4. The van der Waals surface area contributed by atoms with E-state index in [0.717, 1.165) is 55.4 Å². The molecule has 0 fully saturated rings. The number of esters is 4. The second-order valence-corrected chi connectivity index (χ2v) is 15.3. The molecule has 3 N–H and O–H groups in total. The Labute approximate surface area is 377 Å². The van der Waals surface area contributed by atoms with E-state index in [1.165, 1.54) is 33.3 Å². The van der Waals surface area contributed by atoms with Crippen LogP contribution in [0, 0.1) is 0 Å². The first kappa shape index (κ1) is 46.3. The van der Waals surface area contributed by atoms with Crippen LogP contribution in [-0.2, 0) is 51.0 Å². The highest BCUT2D eigenvalue weighted by Crippen LogP contribution is 2.42. The molecule has 2 aromatic heterocycles. The Balaban J connectivity index is 0.000000191. The van der Waals surface area contributed by atoms with Gasteiger partial charge in [-0.1, -0.05) is 60.7 Å². The Bertz CT molecular complexity index is 2640. The number of carbonyl (C=O) groups excluding carboxylic acids is 6. The fourth-order valence-corrected chi connectivity index (χ4v) is 8.11. The lowest BCUT2D eigenvalue weighted by Gasteiger charge is -2.40. The molecule has 0 saturated heterocycles. The standard InChI is InChI=1S/C23H21ClN2O5.C21H20N2O4.C2H2Cl2O/c1-30-22(28)14-9-7-13(8-10-14)21-20-16(15-5-3-4-6-17(15)25-20)11-18(23(29)31-2)26(21)19(27)12-24;1-26-20(24)13-9-7-12(8-10-13)18-19-15(11-17(23-18)21(25)27-2)14-5-3-4-6-16(14)22-19;3-1-2(4)5/h3-10,18,21,25H,11-12H2,1-2H3;3-10,17-18,22-23H,11H2,1-2H3;1H2/t18-,21?;17-,18?;/m00./s1. The smallest absolute Gasteiger partial charge is 0.337 e. The van der Waals surface area contributed by atoms with E-state index in [2.05, 4.69) is 21.4 Å². The molecular formula is C46H43Cl3N4O10. The number of nitrogens with one attached hydrogen (secondary N) is 3. The van der Waals surface area contributed by atoms with E-state index in [9.17, 15) is 28.8 Å². The number of para-hydroxylation sites is 2. The summed E-state index contributed by atoms with van der Waals surface area (Å²) in [6, 6.07) is 27.7. The molecule has 0 bridgehead atoms. The number of fused-ring (bicyclic) bond motifs is 6. The summed E-state index contributed by atoms with van der Waals surface area (Å²) >= 11 is 15.5. The average Bonchev–Trinajstić information content (AvgIpc) is 3.90. The Morgan fingerprint density at radius 3 is 1.56 bits per heavy atom. The van der Waals surface area contributed by atoms with Gasteiger partial charge in [0.25, 0.3) is 0 Å². The number of methoxy groups -OCH3 is 4. The summed E-state index contributed by atoms with van der Waals surface area (Å²) in [4.78, 5) is 79.2. The summed E-state index contributed by atoms with van der Waals surface area (Å²) in [5.74, 6) is -2.39. The van der Waals surface area contributed by atoms with Gasteiger partial charge in [0.1, 0.15) is 18.0 Å². The van der Waals surface area contributed by atoms with Crippen LogP contribution in [0.2, 0.25) is 0 Å². The van der Waals surface area contributed by atoms with Gasteiger partial charge in [0.05, 0.1) is 57.5 Å². The van der Waals surface area contributed by atoms with E-state index in [1.54, 1.807) is 36.4 Å². The van der Waals surface area contributed by atoms with Gasteiger partial charge < -0.3 is 33.8 Å². The molecule has 0 spiro atoms. The van der Waals surface area contributed by atoms with Crippen molar-refractivity contribution in [3.63, 3.8) is 0 Å². The summed E-state index contributed by atoms with van der Waals surface area (Å²) in [6.45, 7) is 0. The summed E-state index contributed by atoms with van der Waals surface area (Å²) in [6.07, 6.45) is 0.869. The number of amides is 1. The molecule has 0 aliphatic carbocycles. The van der Waals surface area contributed by atoms with Crippen LogP contribution in [0.1, 0.15) is 66.4 Å². The highest BCUT2D eigenvalue weighted by Gasteiger charge is 2.44. The number of aromatic amines is 2. The van der Waals surface area contributed by atoms with Crippen molar-refractivity contribution in [2.24, 2.45) is 0 Å². The van der Waals surface area contributed by atoms with E-state index in [-0.39, 0.29) is 35.6 Å². The van der Waals surface area contributed by atoms with Gasteiger partial charge in [-0.3, -0.25) is 19.7 Å². The van der Waals surface area contributed by atoms with Gasteiger partial charge in [0, 0.05) is 46.0 Å². The van der Waals surface area contributed by atoms with Crippen LogP contribution in [0.4, 0.5) is 0 Å². The minimum Gasteiger partial charge on any atom is -0.468 e. The molecule has 8 rings (SSSR count). The van der Waals surface area contributed by atoms with Gasteiger partial charge in [-0.2, -0.15) is 0 Å². The maximum atomic E-state index is 12.9. The van der Waals surface area contributed by atoms with Gasteiger partial charge in [0.15, 0.2) is 0 Å². The third-order valence-electron chi connectivity index (χ3n) is 10.8. The Kier molecular flexibility index (Phi) is 15.3. The molecule has 2 aliphatic heterocycles. The molecule has 17 heteroatoms. The van der Waals surface area contributed by atoms with Crippen molar-refractivity contribution in [2.45, 2.75) is 37.0 Å². The van der Waals surface area contributed by atoms with Gasteiger partial charge in [-0.15, -0.1) is 23.2 Å². The first-order chi connectivity index (χ1) is 30.4.